The van der Waals surface area contributed by atoms with E-state index in [4.69, 9.17) is 4.74 Å². The van der Waals surface area contributed by atoms with Crippen molar-refractivity contribution < 1.29 is 4.74 Å². The number of aryl methyl sites for hydroxylation is 1. The highest BCUT2D eigenvalue weighted by atomic mass is 16.5. The van der Waals surface area contributed by atoms with Crippen molar-refractivity contribution >= 4 is 0 Å². The molecule has 1 spiro atoms. The van der Waals surface area contributed by atoms with E-state index in [1.807, 2.05) is 0 Å². The molecule has 1 aliphatic heterocycles. The molecule has 1 heterocycles. The van der Waals surface area contributed by atoms with Crippen LogP contribution in [0.5, 0.6) is 0 Å². The Hall–Kier alpha value is -0.860. The fraction of sp³-hybridized carbons (Fsp3) is 0.625. The third-order valence-corrected chi connectivity index (χ3v) is 4.63. The predicted molar refractivity (Wildman–Crippen MR) is 73.9 cm³/mol. The molecule has 1 aromatic rings. The molecule has 0 bridgehead atoms. The van der Waals surface area contributed by atoms with Crippen LogP contribution < -0.4 is 5.32 Å². The Balaban J connectivity index is 2.01. The van der Waals surface area contributed by atoms with Gasteiger partial charge in [-0.05, 0) is 57.3 Å². The van der Waals surface area contributed by atoms with Gasteiger partial charge in [0, 0.05) is 12.0 Å². The van der Waals surface area contributed by atoms with E-state index in [1.54, 1.807) is 5.56 Å². The number of rotatable bonds is 2. The highest BCUT2D eigenvalue weighted by Gasteiger charge is 2.44. The van der Waals surface area contributed by atoms with Crippen molar-refractivity contribution in [3.05, 3.63) is 34.9 Å². The van der Waals surface area contributed by atoms with Crippen molar-refractivity contribution in [2.45, 2.75) is 44.6 Å². The van der Waals surface area contributed by atoms with Gasteiger partial charge in [-0.2, -0.15) is 0 Å². The van der Waals surface area contributed by atoms with Crippen molar-refractivity contribution in [1.82, 2.24) is 5.32 Å². The highest BCUT2D eigenvalue weighted by molar-refractivity contribution is 5.44. The summed E-state index contributed by atoms with van der Waals surface area (Å²) in [6.07, 6.45) is 4.02. The quantitative estimate of drug-likeness (QED) is 0.864. The van der Waals surface area contributed by atoms with E-state index in [0.29, 0.717) is 11.5 Å². The molecule has 0 unspecified atom stereocenters. The Labute approximate surface area is 110 Å². The number of benzene rings is 1. The summed E-state index contributed by atoms with van der Waals surface area (Å²) in [7, 11) is 0. The van der Waals surface area contributed by atoms with Crippen LogP contribution in [0.4, 0.5) is 0 Å². The Morgan fingerprint density at radius 1 is 1.33 bits per heavy atom. The molecule has 0 radical (unpaired) electrons. The number of ether oxygens (including phenoxy) is 1. The van der Waals surface area contributed by atoms with Gasteiger partial charge in [0.2, 0.25) is 0 Å². The van der Waals surface area contributed by atoms with Gasteiger partial charge < -0.3 is 10.1 Å². The van der Waals surface area contributed by atoms with Gasteiger partial charge in [0.1, 0.15) is 0 Å². The van der Waals surface area contributed by atoms with Crippen molar-refractivity contribution in [3.63, 3.8) is 0 Å². The van der Waals surface area contributed by atoms with Gasteiger partial charge in [-0.25, -0.2) is 0 Å². The van der Waals surface area contributed by atoms with Crippen LogP contribution in [0.2, 0.25) is 0 Å². The lowest BCUT2D eigenvalue weighted by Crippen LogP contribution is -2.38. The van der Waals surface area contributed by atoms with E-state index < -0.39 is 0 Å². The van der Waals surface area contributed by atoms with Crippen molar-refractivity contribution in [2.24, 2.45) is 0 Å². The lowest BCUT2D eigenvalue weighted by molar-refractivity contribution is 0.0474. The summed E-state index contributed by atoms with van der Waals surface area (Å²) >= 11 is 0. The van der Waals surface area contributed by atoms with E-state index in [9.17, 15) is 0 Å². The van der Waals surface area contributed by atoms with Crippen LogP contribution in [0.1, 0.15) is 49.0 Å². The largest absolute Gasteiger partial charge is 0.374 e. The summed E-state index contributed by atoms with van der Waals surface area (Å²) in [5, 5.41) is 3.48. The number of nitrogens with one attached hydrogen (secondary N) is 1. The van der Waals surface area contributed by atoms with Gasteiger partial charge >= 0.3 is 0 Å². The monoisotopic (exact) mass is 245 g/mol. The van der Waals surface area contributed by atoms with Gasteiger partial charge in [0.25, 0.3) is 0 Å². The molecule has 1 atom stereocenters. The van der Waals surface area contributed by atoms with Crippen molar-refractivity contribution in [3.8, 4) is 0 Å². The second-order valence-corrected chi connectivity index (χ2v) is 5.77. The first-order chi connectivity index (χ1) is 8.75. The van der Waals surface area contributed by atoms with E-state index in [2.05, 4.69) is 37.4 Å². The molecular formula is C16H23NO. The Bertz CT molecular complexity index is 435. The minimum absolute atomic E-state index is 0.322. The van der Waals surface area contributed by atoms with Gasteiger partial charge in [-0.3, -0.25) is 0 Å². The smallest absolute Gasteiger partial charge is 0.0836 e. The molecule has 2 nitrogen and oxygen atoms in total. The van der Waals surface area contributed by atoms with Crippen LogP contribution in [-0.2, 0) is 10.2 Å². The summed E-state index contributed by atoms with van der Waals surface area (Å²) < 4.78 is 5.99. The second-order valence-electron chi connectivity index (χ2n) is 5.77. The maximum Gasteiger partial charge on any atom is 0.0836 e. The van der Waals surface area contributed by atoms with Crippen LogP contribution in [0.3, 0.4) is 0 Å². The third-order valence-electron chi connectivity index (χ3n) is 4.63. The van der Waals surface area contributed by atoms with Crippen LogP contribution in [0.25, 0.3) is 0 Å². The average Bonchev–Trinajstić information content (AvgIpc) is 2.65. The summed E-state index contributed by atoms with van der Waals surface area (Å²) in [5.74, 6) is 0. The molecule has 1 saturated heterocycles. The van der Waals surface area contributed by atoms with Gasteiger partial charge in [0.15, 0.2) is 0 Å². The van der Waals surface area contributed by atoms with Gasteiger partial charge in [-0.15, -0.1) is 0 Å². The fourth-order valence-corrected chi connectivity index (χ4v) is 3.73. The average molecular weight is 245 g/mol. The van der Waals surface area contributed by atoms with Crippen LogP contribution in [-0.4, -0.2) is 19.7 Å². The minimum atomic E-state index is 0.322. The molecule has 0 saturated carbocycles. The molecule has 2 heteroatoms. The molecule has 3 rings (SSSR count). The van der Waals surface area contributed by atoms with Crippen LogP contribution >= 0.6 is 0 Å². The number of hydrogen-bond acceptors (Lipinski definition) is 2. The molecule has 2 aliphatic rings. The SMILES string of the molecule is CCO[C@@H]1CC2(CCNCC2)c2ccc(C)cc21. The first kappa shape index (κ1) is 12.2. The fourth-order valence-electron chi connectivity index (χ4n) is 3.73. The van der Waals surface area contributed by atoms with Crippen LogP contribution in [0, 0.1) is 6.92 Å². The van der Waals surface area contributed by atoms with Gasteiger partial charge in [0.05, 0.1) is 6.10 Å². The molecule has 1 N–H and O–H groups in total. The summed E-state index contributed by atoms with van der Waals surface area (Å²) in [4.78, 5) is 0. The topological polar surface area (TPSA) is 21.3 Å². The van der Waals surface area contributed by atoms with Crippen molar-refractivity contribution in [1.29, 1.82) is 0 Å². The number of hydrogen-bond donors (Lipinski definition) is 1. The predicted octanol–water partition coefficient (Wildman–Crippen LogP) is 3.10. The summed E-state index contributed by atoms with van der Waals surface area (Å²) in [6, 6.07) is 6.96. The molecule has 1 aliphatic carbocycles. The normalized spacial score (nSPS) is 25.3. The summed E-state index contributed by atoms with van der Waals surface area (Å²) in [6.45, 7) is 7.38. The third kappa shape index (κ3) is 1.88. The first-order valence-electron chi connectivity index (χ1n) is 7.18. The second kappa shape index (κ2) is 4.67. The molecule has 0 amide bonds. The zero-order valence-electron chi connectivity index (χ0n) is 11.5. The Morgan fingerprint density at radius 2 is 2.11 bits per heavy atom. The van der Waals surface area contributed by atoms with E-state index in [1.165, 1.54) is 30.4 Å². The lowest BCUT2D eigenvalue weighted by Gasteiger charge is -2.35. The minimum Gasteiger partial charge on any atom is -0.374 e. The number of fused-ring (bicyclic) bond motifs is 2. The Morgan fingerprint density at radius 3 is 2.83 bits per heavy atom. The van der Waals surface area contributed by atoms with Gasteiger partial charge in [-0.1, -0.05) is 23.8 Å². The maximum atomic E-state index is 5.99. The first-order valence-corrected chi connectivity index (χ1v) is 7.18. The number of piperidine rings is 1. The van der Waals surface area contributed by atoms with E-state index >= 15 is 0 Å². The Kier molecular flexibility index (Phi) is 3.16. The molecule has 0 aromatic heterocycles. The maximum absolute atomic E-state index is 5.99. The van der Waals surface area contributed by atoms with Crippen molar-refractivity contribution in [2.75, 3.05) is 19.7 Å². The molecular weight excluding hydrogens is 222 g/mol. The van der Waals surface area contributed by atoms with Crippen LogP contribution in [0.15, 0.2) is 18.2 Å². The highest BCUT2D eigenvalue weighted by Crippen LogP contribution is 2.51. The zero-order chi connectivity index (χ0) is 12.6. The molecule has 98 valence electrons. The molecule has 18 heavy (non-hydrogen) atoms. The molecule has 1 aromatic carbocycles. The molecule has 1 fully saturated rings. The van der Waals surface area contributed by atoms with E-state index in [-0.39, 0.29) is 0 Å². The lowest BCUT2D eigenvalue weighted by atomic mass is 9.74. The van der Waals surface area contributed by atoms with E-state index in [0.717, 1.165) is 19.7 Å². The standard InChI is InChI=1S/C16H23NO/c1-3-18-15-11-16(6-8-17-9-7-16)14-5-4-12(2)10-13(14)15/h4-5,10,15,17H,3,6-9,11H2,1-2H3/t15-/m1/s1. The zero-order valence-corrected chi connectivity index (χ0v) is 11.5. The summed E-state index contributed by atoms with van der Waals surface area (Å²) in [5.41, 5.74) is 4.75.